The number of imidazole rings is 1. The third-order valence-electron chi connectivity index (χ3n) is 4.21. The predicted molar refractivity (Wildman–Crippen MR) is 76.6 cm³/mol. The minimum absolute atomic E-state index is 0.634. The van der Waals surface area contributed by atoms with E-state index in [-0.39, 0.29) is 0 Å². The Morgan fingerprint density at radius 3 is 2.95 bits per heavy atom. The zero-order chi connectivity index (χ0) is 12.7. The number of fused-ring (bicyclic) bond motifs is 1. The fourth-order valence-corrected chi connectivity index (χ4v) is 3.21. The summed E-state index contributed by atoms with van der Waals surface area (Å²) in [4.78, 5) is 7.87. The van der Waals surface area contributed by atoms with Crippen molar-refractivity contribution in [3.05, 3.63) is 48.7 Å². The molecule has 1 N–H and O–H groups in total. The van der Waals surface area contributed by atoms with Crippen LogP contribution >= 0.6 is 0 Å². The molecule has 4 rings (SSSR count). The summed E-state index contributed by atoms with van der Waals surface area (Å²) in [7, 11) is 0. The summed E-state index contributed by atoms with van der Waals surface area (Å²) in [6, 6.07) is 8.65. The Morgan fingerprint density at radius 1 is 1.16 bits per heavy atom. The maximum Gasteiger partial charge on any atom is 0.116 e. The lowest BCUT2D eigenvalue weighted by molar-refractivity contribution is 0.655. The quantitative estimate of drug-likeness (QED) is 0.733. The number of nitrogens with zero attached hydrogens (tertiary/aromatic N) is 2. The lowest BCUT2D eigenvalue weighted by Crippen LogP contribution is -2.04. The number of aromatic amines is 1. The van der Waals surface area contributed by atoms with E-state index in [9.17, 15) is 0 Å². The van der Waals surface area contributed by atoms with Crippen molar-refractivity contribution in [2.24, 2.45) is 0 Å². The summed E-state index contributed by atoms with van der Waals surface area (Å²) in [5.41, 5.74) is 2.39. The zero-order valence-electron chi connectivity index (χ0n) is 10.8. The molecule has 2 heterocycles. The largest absolute Gasteiger partial charge is 0.361 e. The summed E-state index contributed by atoms with van der Waals surface area (Å²) in [5, 5.41) is 1.26. The van der Waals surface area contributed by atoms with Gasteiger partial charge in [-0.15, -0.1) is 0 Å². The van der Waals surface area contributed by atoms with Crippen LogP contribution in [0, 0.1) is 0 Å². The molecule has 0 amide bonds. The van der Waals surface area contributed by atoms with Crippen LogP contribution in [0.2, 0.25) is 0 Å². The van der Waals surface area contributed by atoms with Gasteiger partial charge in [-0.2, -0.15) is 0 Å². The Morgan fingerprint density at radius 2 is 2.05 bits per heavy atom. The van der Waals surface area contributed by atoms with E-state index in [1.807, 2.05) is 12.4 Å². The van der Waals surface area contributed by atoms with Crippen molar-refractivity contribution in [3.63, 3.8) is 0 Å². The molecule has 3 aromatic rings. The highest BCUT2D eigenvalue weighted by Crippen LogP contribution is 2.34. The molecule has 0 bridgehead atoms. The molecule has 0 aliphatic heterocycles. The zero-order valence-corrected chi connectivity index (χ0v) is 10.8. The van der Waals surface area contributed by atoms with Gasteiger partial charge in [-0.1, -0.05) is 18.9 Å². The first-order chi connectivity index (χ1) is 9.42. The Kier molecular flexibility index (Phi) is 2.44. The second-order valence-corrected chi connectivity index (χ2v) is 5.39. The van der Waals surface area contributed by atoms with Gasteiger partial charge in [0.25, 0.3) is 0 Å². The first-order valence-corrected chi connectivity index (χ1v) is 7.02. The number of benzene rings is 1. The van der Waals surface area contributed by atoms with E-state index in [0.717, 1.165) is 0 Å². The van der Waals surface area contributed by atoms with E-state index in [1.54, 1.807) is 0 Å². The number of H-pyrrole nitrogens is 1. The molecule has 2 aromatic heterocycles. The van der Waals surface area contributed by atoms with Crippen molar-refractivity contribution in [2.45, 2.75) is 31.6 Å². The smallest absolute Gasteiger partial charge is 0.116 e. The van der Waals surface area contributed by atoms with E-state index in [0.29, 0.717) is 5.92 Å². The Hall–Kier alpha value is -2.03. The molecular weight excluding hydrogens is 234 g/mol. The van der Waals surface area contributed by atoms with E-state index in [2.05, 4.69) is 45.0 Å². The molecule has 0 radical (unpaired) electrons. The van der Waals surface area contributed by atoms with E-state index in [1.165, 1.54) is 48.1 Å². The van der Waals surface area contributed by atoms with Crippen LogP contribution in [0.1, 0.15) is 37.4 Å². The average Bonchev–Trinajstić information content (AvgIpc) is 3.18. The molecule has 0 saturated heterocycles. The van der Waals surface area contributed by atoms with Crippen LogP contribution in [0.25, 0.3) is 16.6 Å². The lowest BCUT2D eigenvalue weighted by Gasteiger charge is -2.12. The van der Waals surface area contributed by atoms with Crippen LogP contribution in [-0.2, 0) is 0 Å². The normalized spacial score (nSPS) is 16.4. The average molecular weight is 251 g/mol. The maximum atomic E-state index is 4.60. The summed E-state index contributed by atoms with van der Waals surface area (Å²) in [6.07, 6.45) is 11.2. The van der Waals surface area contributed by atoms with Gasteiger partial charge in [0.05, 0.1) is 0 Å². The molecule has 3 heteroatoms. The van der Waals surface area contributed by atoms with E-state index in [4.69, 9.17) is 0 Å². The van der Waals surface area contributed by atoms with Crippen molar-refractivity contribution in [1.82, 2.24) is 14.5 Å². The minimum atomic E-state index is 0.634. The molecule has 1 aliphatic carbocycles. The number of nitrogens with one attached hydrogen (secondary N) is 1. The van der Waals surface area contributed by atoms with Crippen LogP contribution in [-0.4, -0.2) is 14.5 Å². The van der Waals surface area contributed by atoms with Gasteiger partial charge in [-0.05, 0) is 36.4 Å². The van der Waals surface area contributed by atoms with Gasteiger partial charge in [0.2, 0.25) is 0 Å². The summed E-state index contributed by atoms with van der Waals surface area (Å²) in [6.45, 7) is 0. The Labute approximate surface area is 112 Å². The molecule has 0 atom stereocenters. The highest BCUT2D eigenvalue weighted by molar-refractivity contribution is 5.81. The van der Waals surface area contributed by atoms with E-state index >= 15 is 0 Å². The Bertz CT molecular complexity index is 701. The van der Waals surface area contributed by atoms with Crippen LogP contribution in [0.3, 0.4) is 0 Å². The number of hydrogen-bond acceptors (Lipinski definition) is 1. The van der Waals surface area contributed by atoms with Crippen molar-refractivity contribution >= 4 is 10.9 Å². The molecule has 0 unspecified atom stereocenters. The summed E-state index contributed by atoms with van der Waals surface area (Å²) >= 11 is 0. The van der Waals surface area contributed by atoms with Gasteiger partial charge in [0, 0.05) is 35.7 Å². The predicted octanol–water partition coefficient (Wildman–Crippen LogP) is 4.01. The third kappa shape index (κ3) is 1.77. The van der Waals surface area contributed by atoms with Gasteiger partial charge >= 0.3 is 0 Å². The monoisotopic (exact) mass is 251 g/mol. The number of aromatic nitrogens is 3. The molecule has 1 aromatic carbocycles. The van der Waals surface area contributed by atoms with Crippen LogP contribution in [0.4, 0.5) is 0 Å². The molecule has 96 valence electrons. The molecular formula is C16H17N3. The molecule has 0 spiro atoms. The molecule has 3 nitrogen and oxygen atoms in total. The van der Waals surface area contributed by atoms with Gasteiger partial charge < -0.3 is 9.55 Å². The fourth-order valence-electron chi connectivity index (χ4n) is 3.21. The van der Waals surface area contributed by atoms with E-state index < -0.39 is 0 Å². The first-order valence-electron chi connectivity index (χ1n) is 7.02. The highest BCUT2D eigenvalue weighted by Gasteiger charge is 2.21. The minimum Gasteiger partial charge on any atom is -0.361 e. The van der Waals surface area contributed by atoms with Crippen molar-refractivity contribution in [3.8, 4) is 5.69 Å². The molecule has 1 fully saturated rings. The van der Waals surface area contributed by atoms with Crippen molar-refractivity contribution in [1.29, 1.82) is 0 Å². The number of rotatable bonds is 2. The standard InChI is InChI=1S/C16H17N3/c1-2-4-13(3-1)16-18-9-10-19(16)14-6-5-12-7-8-17-15(12)11-14/h5-11,13,17H,1-4H2. The SMILES string of the molecule is c1cn(-c2ccc3cc[nH]c3c2)c(C2CCCC2)n1. The highest BCUT2D eigenvalue weighted by atomic mass is 15.1. The number of hydrogen-bond donors (Lipinski definition) is 1. The van der Waals surface area contributed by atoms with Crippen LogP contribution < -0.4 is 0 Å². The summed E-state index contributed by atoms with van der Waals surface area (Å²) in [5.74, 6) is 1.86. The lowest BCUT2D eigenvalue weighted by atomic mass is 10.1. The molecule has 19 heavy (non-hydrogen) atoms. The van der Waals surface area contributed by atoms with Crippen LogP contribution in [0.15, 0.2) is 42.9 Å². The second kappa shape index (κ2) is 4.26. The summed E-state index contributed by atoms with van der Waals surface area (Å²) < 4.78 is 2.25. The third-order valence-corrected chi connectivity index (χ3v) is 4.21. The van der Waals surface area contributed by atoms with Crippen molar-refractivity contribution < 1.29 is 0 Å². The van der Waals surface area contributed by atoms with Gasteiger partial charge in [0.15, 0.2) is 0 Å². The Balaban J connectivity index is 1.80. The van der Waals surface area contributed by atoms with Crippen molar-refractivity contribution in [2.75, 3.05) is 0 Å². The second-order valence-electron chi connectivity index (χ2n) is 5.39. The van der Waals surface area contributed by atoms with Gasteiger partial charge in [0.1, 0.15) is 5.82 Å². The first kappa shape index (κ1) is 10.9. The van der Waals surface area contributed by atoms with Gasteiger partial charge in [-0.25, -0.2) is 4.98 Å². The topological polar surface area (TPSA) is 33.6 Å². The molecule has 1 saturated carbocycles. The van der Waals surface area contributed by atoms with Crippen LogP contribution in [0.5, 0.6) is 0 Å². The maximum absolute atomic E-state index is 4.60. The van der Waals surface area contributed by atoms with Gasteiger partial charge in [-0.3, -0.25) is 0 Å². The fraction of sp³-hybridized carbons (Fsp3) is 0.312. The molecule has 1 aliphatic rings.